The van der Waals surface area contributed by atoms with E-state index in [2.05, 4.69) is 50.4 Å². The molecule has 0 radical (unpaired) electrons. The zero-order valence-electron chi connectivity index (χ0n) is 17.0. The van der Waals surface area contributed by atoms with Crippen molar-refractivity contribution in [1.29, 1.82) is 0 Å². The molecule has 0 unspecified atom stereocenters. The molecule has 0 aromatic heterocycles. The van der Waals surface area contributed by atoms with Gasteiger partial charge in [0, 0.05) is 34.0 Å². The Morgan fingerprint density at radius 1 is 0.857 bits per heavy atom. The standard InChI is InChI=1S/C24H31Cl2NO/c1-4-6-21-23(18-9-13-20(26)14-10-18)27-22(16(3)24(21,28)15-5-2)17-7-11-19(25)12-8-17/h7-14,16,21-23,27-28H,4-6,15H2,1-3H3/t16-,21-,22-,23+,24-/m0/s1. The summed E-state index contributed by atoms with van der Waals surface area (Å²) < 4.78 is 0. The Morgan fingerprint density at radius 2 is 1.36 bits per heavy atom. The topological polar surface area (TPSA) is 32.3 Å². The van der Waals surface area contributed by atoms with E-state index in [-0.39, 0.29) is 23.9 Å². The van der Waals surface area contributed by atoms with Crippen molar-refractivity contribution in [3.8, 4) is 0 Å². The monoisotopic (exact) mass is 419 g/mol. The average Bonchev–Trinajstić information content (AvgIpc) is 2.68. The fraction of sp³-hybridized carbons (Fsp3) is 0.500. The molecule has 0 amide bonds. The number of hydrogen-bond donors (Lipinski definition) is 2. The van der Waals surface area contributed by atoms with Crippen molar-refractivity contribution in [2.24, 2.45) is 11.8 Å². The molecular formula is C24H31Cl2NO. The first-order valence-electron chi connectivity index (χ1n) is 10.4. The molecule has 1 fully saturated rings. The van der Waals surface area contributed by atoms with Crippen molar-refractivity contribution in [1.82, 2.24) is 5.32 Å². The Kier molecular flexibility index (Phi) is 7.09. The molecule has 2 aromatic rings. The summed E-state index contributed by atoms with van der Waals surface area (Å²) in [5.41, 5.74) is 1.62. The van der Waals surface area contributed by atoms with E-state index >= 15 is 0 Å². The second-order valence-electron chi connectivity index (χ2n) is 8.15. The van der Waals surface area contributed by atoms with Crippen LogP contribution >= 0.6 is 23.2 Å². The third kappa shape index (κ3) is 4.26. The summed E-state index contributed by atoms with van der Waals surface area (Å²) >= 11 is 12.2. The molecule has 2 nitrogen and oxygen atoms in total. The molecule has 1 aliphatic rings. The highest BCUT2D eigenvalue weighted by Crippen LogP contribution is 2.50. The van der Waals surface area contributed by atoms with Gasteiger partial charge < -0.3 is 10.4 Å². The van der Waals surface area contributed by atoms with Gasteiger partial charge in [0.15, 0.2) is 0 Å². The Balaban J connectivity index is 2.06. The molecule has 4 heteroatoms. The van der Waals surface area contributed by atoms with Crippen LogP contribution in [0.25, 0.3) is 0 Å². The molecule has 0 spiro atoms. The van der Waals surface area contributed by atoms with Gasteiger partial charge in [-0.3, -0.25) is 0 Å². The molecule has 1 aliphatic heterocycles. The minimum Gasteiger partial charge on any atom is -0.389 e. The molecule has 28 heavy (non-hydrogen) atoms. The maximum absolute atomic E-state index is 12.0. The maximum Gasteiger partial charge on any atom is 0.0737 e. The molecule has 0 bridgehead atoms. The molecule has 1 heterocycles. The zero-order valence-corrected chi connectivity index (χ0v) is 18.5. The van der Waals surface area contributed by atoms with Crippen molar-refractivity contribution >= 4 is 23.2 Å². The second-order valence-corrected chi connectivity index (χ2v) is 9.02. The van der Waals surface area contributed by atoms with Gasteiger partial charge in [-0.05, 0) is 48.2 Å². The Labute approximate surface area is 179 Å². The molecule has 3 rings (SSSR count). The number of nitrogens with one attached hydrogen (secondary N) is 1. The fourth-order valence-electron chi connectivity index (χ4n) is 4.96. The number of aliphatic hydroxyl groups is 1. The third-order valence-corrected chi connectivity index (χ3v) is 6.90. The molecule has 0 aliphatic carbocycles. The van der Waals surface area contributed by atoms with E-state index in [1.807, 2.05) is 24.3 Å². The SMILES string of the molecule is CCC[C@H]1[C@@H](c2ccc(Cl)cc2)N[C@H](c2ccc(Cl)cc2)[C@H](C)[C@@]1(O)CCC. The van der Waals surface area contributed by atoms with Crippen LogP contribution in [0.5, 0.6) is 0 Å². The summed E-state index contributed by atoms with van der Waals surface area (Å²) in [4.78, 5) is 0. The predicted molar refractivity (Wildman–Crippen MR) is 119 cm³/mol. The number of halogens is 2. The fourth-order valence-corrected chi connectivity index (χ4v) is 5.22. The highest BCUT2D eigenvalue weighted by Gasteiger charge is 2.51. The van der Waals surface area contributed by atoms with E-state index in [1.165, 1.54) is 11.1 Å². The van der Waals surface area contributed by atoms with Crippen molar-refractivity contribution in [3.63, 3.8) is 0 Å². The summed E-state index contributed by atoms with van der Waals surface area (Å²) in [6.45, 7) is 6.54. The average molecular weight is 420 g/mol. The quantitative estimate of drug-likeness (QED) is 0.529. The summed E-state index contributed by atoms with van der Waals surface area (Å²) in [5.74, 6) is 0.242. The van der Waals surface area contributed by atoms with Gasteiger partial charge in [-0.1, -0.05) is 81.1 Å². The first-order valence-corrected chi connectivity index (χ1v) is 11.2. The van der Waals surface area contributed by atoms with Crippen molar-refractivity contribution in [2.75, 3.05) is 0 Å². The van der Waals surface area contributed by atoms with Crippen molar-refractivity contribution in [3.05, 3.63) is 69.7 Å². The summed E-state index contributed by atoms with van der Waals surface area (Å²) in [6.07, 6.45) is 3.78. The van der Waals surface area contributed by atoms with E-state index in [0.29, 0.717) is 0 Å². The van der Waals surface area contributed by atoms with Crippen LogP contribution in [-0.2, 0) is 0 Å². The van der Waals surface area contributed by atoms with E-state index in [1.54, 1.807) is 0 Å². The predicted octanol–water partition coefficient (Wildman–Crippen LogP) is 6.96. The maximum atomic E-state index is 12.0. The highest BCUT2D eigenvalue weighted by molar-refractivity contribution is 6.30. The summed E-state index contributed by atoms with van der Waals surface area (Å²) in [6, 6.07) is 16.2. The first kappa shape index (κ1) is 21.6. The zero-order chi connectivity index (χ0) is 20.3. The van der Waals surface area contributed by atoms with Gasteiger partial charge in [-0.2, -0.15) is 0 Å². The van der Waals surface area contributed by atoms with Gasteiger partial charge >= 0.3 is 0 Å². The van der Waals surface area contributed by atoms with Crippen molar-refractivity contribution in [2.45, 2.75) is 64.1 Å². The van der Waals surface area contributed by atoms with Crippen LogP contribution in [0.3, 0.4) is 0 Å². The van der Waals surface area contributed by atoms with Crippen LogP contribution in [0, 0.1) is 11.8 Å². The molecular weight excluding hydrogens is 389 g/mol. The van der Waals surface area contributed by atoms with Crippen LogP contribution in [-0.4, -0.2) is 10.7 Å². The normalized spacial score (nSPS) is 30.4. The van der Waals surface area contributed by atoms with Gasteiger partial charge in [0.2, 0.25) is 0 Å². The number of rotatable bonds is 6. The smallest absolute Gasteiger partial charge is 0.0737 e. The number of hydrogen-bond acceptors (Lipinski definition) is 2. The van der Waals surface area contributed by atoms with Crippen LogP contribution < -0.4 is 5.32 Å². The van der Waals surface area contributed by atoms with Crippen LogP contribution in [0.1, 0.15) is 69.7 Å². The largest absolute Gasteiger partial charge is 0.389 e. The lowest BCUT2D eigenvalue weighted by Gasteiger charge is -2.53. The van der Waals surface area contributed by atoms with E-state index in [4.69, 9.17) is 23.2 Å². The molecule has 2 N–H and O–H groups in total. The molecule has 0 saturated carbocycles. The molecule has 1 saturated heterocycles. The second kappa shape index (κ2) is 9.17. The number of benzene rings is 2. The van der Waals surface area contributed by atoms with Gasteiger partial charge in [0.05, 0.1) is 5.60 Å². The van der Waals surface area contributed by atoms with Crippen LogP contribution in [0.2, 0.25) is 10.0 Å². The molecule has 5 atom stereocenters. The van der Waals surface area contributed by atoms with Gasteiger partial charge in [0.25, 0.3) is 0 Å². The van der Waals surface area contributed by atoms with Gasteiger partial charge in [0.1, 0.15) is 0 Å². The van der Waals surface area contributed by atoms with Crippen molar-refractivity contribution < 1.29 is 5.11 Å². The highest BCUT2D eigenvalue weighted by atomic mass is 35.5. The number of piperidine rings is 1. The minimum absolute atomic E-state index is 0.0580. The first-order chi connectivity index (χ1) is 13.4. The third-order valence-electron chi connectivity index (χ3n) is 6.40. The van der Waals surface area contributed by atoms with Gasteiger partial charge in [-0.15, -0.1) is 0 Å². The molecule has 152 valence electrons. The lowest BCUT2D eigenvalue weighted by molar-refractivity contribution is -0.125. The van der Waals surface area contributed by atoms with Crippen LogP contribution in [0.15, 0.2) is 48.5 Å². The van der Waals surface area contributed by atoms with Gasteiger partial charge in [-0.25, -0.2) is 0 Å². The summed E-state index contributed by atoms with van der Waals surface area (Å²) in [5, 5.41) is 17.4. The Hall–Kier alpha value is -1.06. The van der Waals surface area contributed by atoms with E-state index < -0.39 is 5.60 Å². The lowest BCUT2D eigenvalue weighted by atomic mass is 9.62. The summed E-state index contributed by atoms with van der Waals surface area (Å²) in [7, 11) is 0. The Morgan fingerprint density at radius 3 is 1.82 bits per heavy atom. The molecule has 2 aromatic carbocycles. The van der Waals surface area contributed by atoms with E-state index in [9.17, 15) is 5.11 Å². The van der Waals surface area contributed by atoms with E-state index in [0.717, 1.165) is 35.7 Å². The minimum atomic E-state index is -0.732. The Bertz CT molecular complexity index is 761. The van der Waals surface area contributed by atoms with Crippen LogP contribution in [0.4, 0.5) is 0 Å². The lowest BCUT2D eigenvalue weighted by Crippen LogP contribution is -2.58.